The smallest absolute Gasteiger partial charge is 0.410 e. The summed E-state index contributed by atoms with van der Waals surface area (Å²) in [7, 11) is 0. The van der Waals surface area contributed by atoms with Crippen LogP contribution in [-0.2, 0) is 19.0 Å². The zero-order valence-corrected chi connectivity index (χ0v) is 20.9. The van der Waals surface area contributed by atoms with E-state index in [1.54, 1.807) is 67.2 Å². The predicted molar refractivity (Wildman–Crippen MR) is 120 cm³/mol. The molecule has 9 nitrogen and oxygen atoms in total. The van der Waals surface area contributed by atoms with Gasteiger partial charge in [-0.3, -0.25) is 9.69 Å². The second-order valence-corrected chi connectivity index (χ2v) is 10.5. The molecular weight excluding hydrogens is 402 g/mol. The molecular formula is C22H43N3O6. The summed E-state index contributed by atoms with van der Waals surface area (Å²) in [5, 5.41) is 0. The van der Waals surface area contributed by atoms with Gasteiger partial charge in [0.05, 0.1) is 0 Å². The maximum atomic E-state index is 12.6. The first-order chi connectivity index (χ1) is 13.9. The summed E-state index contributed by atoms with van der Waals surface area (Å²) in [5.41, 5.74) is 3.61. The lowest BCUT2D eigenvalue weighted by molar-refractivity contribution is -0.156. The van der Waals surface area contributed by atoms with Gasteiger partial charge in [-0.25, -0.2) is 9.59 Å². The number of hydrogen-bond donors (Lipinski definition) is 1. The van der Waals surface area contributed by atoms with Crippen molar-refractivity contribution in [3.8, 4) is 0 Å². The zero-order valence-electron chi connectivity index (χ0n) is 20.9. The average molecular weight is 446 g/mol. The van der Waals surface area contributed by atoms with Crippen molar-refractivity contribution < 1.29 is 28.6 Å². The highest BCUT2D eigenvalue weighted by Crippen LogP contribution is 2.14. The van der Waals surface area contributed by atoms with E-state index in [1.165, 1.54) is 4.90 Å². The monoisotopic (exact) mass is 445 g/mol. The molecule has 0 fully saturated rings. The van der Waals surface area contributed by atoms with Crippen molar-refractivity contribution in [1.29, 1.82) is 0 Å². The standard InChI is InChI=1S/C22H43N3O6/c1-20(2,3)29-17(26)16-25(19(28)31-22(7,8)9)15-11-14-24(13-10-12-23)18(27)30-21(4,5)6/h10-16,23H2,1-9H3. The highest BCUT2D eigenvalue weighted by Gasteiger charge is 2.27. The van der Waals surface area contributed by atoms with Crippen LogP contribution in [0.1, 0.15) is 75.2 Å². The first kappa shape index (κ1) is 29.0. The van der Waals surface area contributed by atoms with E-state index in [-0.39, 0.29) is 13.1 Å². The molecule has 0 aliphatic rings. The number of amides is 2. The van der Waals surface area contributed by atoms with Gasteiger partial charge in [0.1, 0.15) is 23.3 Å². The number of esters is 1. The van der Waals surface area contributed by atoms with E-state index in [2.05, 4.69) is 0 Å². The summed E-state index contributed by atoms with van der Waals surface area (Å²) < 4.78 is 16.2. The molecule has 0 atom stereocenters. The van der Waals surface area contributed by atoms with Crippen molar-refractivity contribution in [3.63, 3.8) is 0 Å². The van der Waals surface area contributed by atoms with Crippen LogP contribution in [0.2, 0.25) is 0 Å². The van der Waals surface area contributed by atoms with Crippen molar-refractivity contribution >= 4 is 18.2 Å². The van der Waals surface area contributed by atoms with Crippen LogP contribution in [0.15, 0.2) is 0 Å². The number of hydrogen-bond acceptors (Lipinski definition) is 7. The van der Waals surface area contributed by atoms with Crippen molar-refractivity contribution in [2.45, 2.75) is 92.0 Å². The first-order valence-electron chi connectivity index (χ1n) is 10.8. The minimum Gasteiger partial charge on any atom is -0.459 e. The number of carbonyl (C=O) groups excluding carboxylic acids is 3. The number of carbonyl (C=O) groups is 3. The lowest BCUT2D eigenvalue weighted by atomic mass is 10.2. The van der Waals surface area contributed by atoms with Crippen molar-refractivity contribution in [2.75, 3.05) is 32.7 Å². The van der Waals surface area contributed by atoms with E-state index in [4.69, 9.17) is 19.9 Å². The molecule has 2 N–H and O–H groups in total. The molecule has 0 aromatic heterocycles. The zero-order chi connectivity index (χ0) is 24.5. The van der Waals surface area contributed by atoms with Crippen LogP contribution in [-0.4, -0.2) is 77.5 Å². The van der Waals surface area contributed by atoms with Gasteiger partial charge in [0, 0.05) is 19.6 Å². The summed E-state index contributed by atoms with van der Waals surface area (Å²) in [5.74, 6) is -0.523. The molecule has 0 aromatic rings. The molecule has 0 heterocycles. The van der Waals surface area contributed by atoms with E-state index in [0.29, 0.717) is 32.5 Å². The van der Waals surface area contributed by atoms with E-state index in [0.717, 1.165) is 0 Å². The largest absolute Gasteiger partial charge is 0.459 e. The van der Waals surface area contributed by atoms with Gasteiger partial charge in [-0.05, 0) is 81.7 Å². The summed E-state index contributed by atoms with van der Waals surface area (Å²) in [6.07, 6.45) is 0.0275. The molecule has 0 saturated heterocycles. The minimum absolute atomic E-state index is 0.218. The van der Waals surface area contributed by atoms with Gasteiger partial charge < -0.3 is 24.8 Å². The van der Waals surface area contributed by atoms with Gasteiger partial charge in [-0.1, -0.05) is 0 Å². The van der Waals surface area contributed by atoms with E-state index >= 15 is 0 Å². The molecule has 31 heavy (non-hydrogen) atoms. The summed E-state index contributed by atoms with van der Waals surface area (Å²) in [4.78, 5) is 40.2. The maximum absolute atomic E-state index is 12.6. The van der Waals surface area contributed by atoms with Crippen LogP contribution in [0, 0.1) is 0 Å². The molecule has 0 saturated carbocycles. The molecule has 2 amide bonds. The normalized spacial score (nSPS) is 12.2. The molecule has 182 valence electrons. The third-order valence-corrected chi connectivity index (χ3v) is 3.53. The topological polar surface area (TPSA) is 111 Å². The number of nitrogens with two attached hydrogens (primary N) is 1. The van der Waals surface area contributed by atoms with Crippen molar-refractivity contribution in [1.82, 2.24) is 9.80 Å². The second-order valence-electron chi connectivity index (χ2n) is 10.5. The Morgan fingerprint density at radius 3 is 1.45 bits per heavy atom. The first-order valence-corrected chi connectivity index (χ1v) is 10.8. The predicted octanol–water partition coefficient (Wildman–Crippen LogP) is 3.54. The maximum Gasteiger partial charge on any atom is 0.410 e. The fourth-order valence-electron chi connectivity index (χ4n) is 2.45. The summed E-state index contributed by atoms with van der Waals surface area (Å²) in [6.45, 7) is 17.2. The molecule has 0 spiro atoms. The van der Waals surface area contributed by atoms with E-state index < -0.39 is 35.0 Å². The number of nitrogens with zero attached hydrogens (tertiary/aromatic N) is 2. The van der Waals surface area contributed by atoms with Gasteiger partial charge in [0.2, 0.25) is 0 Å². The number of ether oxygens (including phenoxy) is 3. The Balaban J connectivity index is 5.14. The van der Waals surface area contributed by atoms with E-state index in [1.807, 2.05) is 0 Å². The Hall–Kier alpha value is -2.03. The Morgan fingerprint density at radius 1 is 0.645 bits per heavy atom. The van der Waals surface area contributed by atoms with Crippen LogP contribution in [0.3, 0.4) is 0 Å². The molecule has 0 radical (unpaired) electrons. The second kappa shape index (κ2) is 12.1. The average Bonchev–Trinajstić information content (AvgIpc) is 2.51. The Bertz CT molecular complexity index is 588. The molecule has 0 unspecified atom stereocenters. The quantitative estimate of drug-likeness (QED) is 0.427. The lowest BCUT2D eigenvalue weighted by Gasteiger charge is -2.30. The Kier molecular flexibility index (Phi) is 11.3. The summed E-state index contributed by atoms with van der Waals surface area (Å²) >= 11 is 0. The SMILES string of the molecule is CC(C)(C)OC(=O)CN(CCCN(CCCN)C(=O)OC(C)(C)C)C(=O)OC(C)(C)C. The molecule has 0 aliphatic carbocycles. The van der Waals surface area contributed by atoms with Gasteiger partial charge in [0.15, 0.2) is 0 Å². The molecule has 0 aromatic carbocycles. The molecule has 0 rings (SSSR count). The van der Waals surface area contributed by atoms with Gasteiger partial charge in [0.25, 0.3) is 0 Å². The summed E-state index contributed by atoms with van der Waals surface area (Å²) in [6, 6.07) is 0. The van der Waals surface area contributed by atoms with Crippen LogP contribution in [0.25, 0.3) is 0 Å². The highest BCUT2D eigenvalue weighted by atomic mass is 16.6. The van der Waals surface area contributed by atoms with Crippen molar-refractivity contribution in [3.05, 3.63) is 0 Å². The van der Waals surface area contributed by atoms with E-state index in [9.17, 15) is 14.4 Å². The Labute approximate surface area is 187 Å². The molecule has 0 bridgehead atoms. The van der Waals surface area contributed by atoms with Gasteiger partial charge in [-0.15, -0.1) is 0 Å². The lowest BCUT2D eigenvalue weighted by Crippen LogP contribution is -2.44. The molecule has 9 heteroatoms. The highest BCUT2D eigenvalue weighted by molar-refractivity contribution is 5.78. The third-order valence-electron chi connectivity index (χ3n) is 3.53. The van der Waals surface area contributed by atoms with Crippen LogP contribution >= 0.6 is 0 Å². The minimum atomic E-state index is -0.701. The fraction of sp³-hybridized carbons (Fsp3) is 0.864. The molecule has 0 aliphatic heterocycles. The Morgan fingerprint density at radius 2 is 1.03 bits per heavy atom. The van der Waals surface area contributed by atoms with Gasteiger partial charge in [-0.2, -0.15) is 0 Å². The van der Waals surface area contributed by atoms with Crippen LogP contribution in [0.4, 0.5) is 9.59 Å². The fourth-order valence-corrected chi connectivity index (χ4v) is 2.45. The van der Waals surface area contributed by atoms with Crippen molar-refractivity contribution in [2.24, 2.45) is 5.73 Å². The van der Waals surface area contributed by atoms with Crippen LogP contribution in [0.5, 0.6) is 0 Å². The third kappa shape index (κ3) is 15.4. The number of rotatable bonds is 9. The van der Waals surface area contributed by atoms with Crippen LogP contribution < -0.4 is 5.73 Å². The van der Waals surface area contributed by atoms with Gasteiger partial charge >= 0.3 is 18.2 Å².